The van der Waals surface area contributed by atoms with Gasteiger partial charge in [0.25, 0.3) is 0 Å². The zero-order chi connectivity index (χ0) is 14.8. The molecule has 22 heavy (non-hydrogen) atoms. The van der Waals surface area contributed by atoms with Crippen molar-refractivity contribution in [1.29, 1.82) is 0 Å². The summed E-state index contributed by atoms with van der Waals surface area (Å²) in [6.45, 7) is 5.62. The highest BCUT2D eigenvalue weighted by molar-refractivity contribution is 5.38. The molecule has 0 radical (unpaired) electrons. The van der Waals surface area contributed by atoms with E-state index < -0.39 is 0 Å². The van der Waals surface area contributed by atoms with Gasteiger partial charge in [0.2, 0.25) is 0 Å². The van der Waals surface area contributed by atoms with Gasteiger partial charge in [0, 0.05) is 57.4 Å². The molecule has 5 nitrogen and oxygen atoms in total. The summed E-state index contributed by atoms with van der Waals surface area (Å²) in [5.41, 5.74) is 0. The number of hydrogen-bond donors (Lipinski definition) is 0. The maximum absolute atomic E-state index is 4.50. The molecule has 0 spiro atoms. The van der Waals surface area contributed by atoms with E-state index in [2.05, 4.69) is 42.9 Å². The number of piperidine rings is 1. The summed E-state index contributed by atoms with van der Waals surface area (Å²) in [5, 5.41) is 4.35. The highest BCUT2D eigenvalue weighted by Crippen LogP contribution is 2.27. The van der Waals surface area contributed by atoms with E-state index in [4.69, 9.17) is 0 Å². The molecule has 0 bridgehead atoms. The fourth-order valence-electron chi connectivity index (χ4n) is 3.83. The van der Waals surface area contributed by atoms with Crippen molar-refractivity contribution < 1.29 is 0 Å². The van der Waals surface area contributed by atoms with E-state index in [0.29, 0.717) is 6.04 Å². The number of pyridine rings is 1. The molecule has 5 heteroatoms. The molecule has 0 saturated carbocycles. The monoisotopic (exact) mass is 297 g/mol. The van der Waals surface area contributed by atoms with Crippen molar-refractivity contribution >= 4 is 5.82 Å². The molecule has 0 amide bonds. The average molecular weight is 297 g/mol. The third kappa shape index (κ3) is 2.86. The lowest BCUT2D eigenvalue weighted by atomic mass is 9.91. The van der Waals surface area contributed by atoms with Crippen LogP contribution in [0.2, 0.25) is 0 Å². The highest BCUT2D eigenvalue weighted by Gasteiger charge is 2.33. The molecule has 2 fully saturated rings. The van der Waals surface area contributed by atoms with Crippen LogP contribution in [0.1, 0.15) is 12.8 Å². The van der Waals surface area contributed by atoms with Gasteiger partial charge in [0.15, 0.2) is 0 Å². The molecule has 2 atom stereocenters. The van der Waals surface area contributed by atoms with E-state index in [9.17, 15) is 0 Å². The van der Waals surface area contributed by atoms with Gasteiger partial charge in [-0.1, -0.05) is 6.07 Å². The number of nitrogens with zero attached hydrogens (tertiary/aromatic N) is 5. The van der Waals surface area contributed by atoms with E-state index >= 15 is 0 Å². The van der Waals surface area contributed by atoms with Crippen LogP contribution in [0.5, 0.6) is 0 Å². The first-order chi connectivity index (χ1) is 10.9. The topological polar surface area (TPSA) is 37.2 Å². The summed E-state index contributed by atoms with van der Waals surface area (Å²) in [7, 11) is 0. The Morgan fingerprint density at radius 2 is 2.05 bits per heavy atom. The molecular formula is C17H23N5. The van der Waals surface area contributed by atoms with E-state index in [0.717, 1.165) is 37.9 Å². The zero-order valence-electron chi connectivity index (χ0n) is 12.9. The lowest BCUT2D eigenvalue weighted by molar-refractivity contribution is 0.0871. The van der Waals surface area contributed by atoms with Gasteiger partial charge in [-0.25, -0.2) is 4.98 Å². The Kier molecular flexibility index (Phi) is 3.81. The van der Waals surface area contributed by atoms with Crippen molar-refractivity contribution in [1.82, 2.24) is 19.7 Å². The summed E-state index contributed by atoms with van der Waals surface area (Å²) < 4.78 is 2.08. The van der Waals surface area contributed by atoms with Gasteiger partial charge in [-0.2, -0.15) is 5.10 Å². The fourth-order valence-corrected chi connectivity index (χ4v) is 3.83. The fraction of sp³-hybridized carbons (Fsp3) is 0.529. The third-order valence-corrected chi connectivity index (χ3v) is 4.98. The summed E-state index contributed by atoms with van der Waals surface area (Å²) in [6, 6.07) is 8.89. The van der Waals surface area contributed by atoms with Crippen LogP contribution in [0.15, 0.2) is 42.9 Å². The summed E-state index contributed by atoms with van der Waals surface area (Å²) in [4.78, 5) is 9.62. The normalized spacial score (nSPS) is 25.9. The van der Waals surface area contributed by atoms with Gasteiger partial charge in [-0.3, -0.25) is 9.58 Å². The smallest absolute Gasteiger partial charge is 0.128 e. The standard InChI is InChI=1S/C17H23N5/c1-2-7-18-17(4-1)21-11-10-20-12-15(5-6-16(20)14-21)13-22-9-3-8-19-22/h1-4,7-9,15-16H,5-6,10-14H2/t15-,16-/m0/s1. The van der Waals surface area contributed by atoms with Gasteiger partial charge < -0.3 is 4.90 Å². The summed E-state index contributed by atoms with van der Waals surface area (Å²) >= 11 is 0. The third-order valence-electron chi connectivity index (χ3n) is 4.98. The molecule has 2 aromatic rings. The number of piperazine rings is 1. The second kappa shape index (κ2) is 6.08. The molecule has 0 N–H and O–H groups in total. The number of fused-ring (bicyclic) bond motifs is 1. The van der Waals surface area contributed by atoms with Crippen LogP contribution in [0.25, 0.3) is 0 Å². The lowest BCUT2D eigenvalue weighted by Gasteiger charge is -2.46. The van der Waals surface area contributed by atoms with Crippen molar-refractivity contribution in [3.05, 3.63) is 42.9 Å². The molecule has 0 aromatic carbocycles. The van der Waals surface area contributed by atoms with E-state index in [1.165, 1.54) is 19.4 Å². The lowest BCUT2D eigenvalue weighted by Crippen LogP contribution is -2.57. The first-order valence-electron chi connectivity index (χ1n) is 8.26. The van der Waals surface area contributed by atoms with Crippen LogP contribution in [-0.4, -0.2) is 51.9 Å². The Bertz CT molecular complexity index is 582. The maximum atomic E-state index is 4.50. The SMILES string of the molecule is c1ccc(N2CCN3C[C@@H](Cn4cccn4)CC[C@H]3C2)nc1. The van der Waals surface area contributed by atoms with E-state index in [1.54, 1.807) is 0 Å². The first-order valence-corrected chi connectivity index (χ1v) is 8.26. The minimum Gasteiger partial charge on any atom is -0.354 e. The van der Waals surface area contributed by atoms with Crippen LogP contribution in [0, 0.1) is 5.92 Å². The van der Waals surface area contributed by atoms with Crippen molar-refractivity contribution in [3.63, 3.8) is 0 Å². The largest absolute Gasteiger partial charge is 0.354 e. The number of hydrogen-bond acceptors (Lipinski definition) is 4. The molecule has 2 aliphatic heterocycles. The van der Waals surface area contributed by atoms with Gasteiger partial charge in [-0.15, -0.1) is 0 Å². The number of rotatable bonds is 3. The van der Waals surface area contributed by atoms with Gasteiger partial charge in [0.05, 0.1) is 0 Å². The van der Waals surface area contributed by atoms with Crippen molar-refractivity contribution in [2.75, 3.05) is 31.1 Å². The average Bonchev–Trinajstić information content (AvgIpc) is 3.08. The number of anilines is 1. The minimum atomic E-state index is 0.685. The predicted molar refractivity (Wildman–Crippen MR) is 86.8 cm³/mol. The maximum Gasteiger partial charge on any atom is 0.128 e. The Labute approximate surface area is 131 Å². The van der Waals surface area contributed by atoms with Gasteiger partial charge >= 0.3 is 0 Å². The second-order valence-electron chi connectivity index (χ2n) is 6.45. The van der Waals surface area contributed by atoms with Gasteiger partial charge in [0.1, 0.15) is 5.82 Å². The minimum absolute atomic E-state index is 0.685. The van der Waals surface area contributed by atoms with Crippen molar-refractivity contribution in [2.24, 2.45) is 5.92 Å². The molecule has 2 saturated heterocycles. The molecule has 4 heterocycles. The highest BCUT2D eigenvalue weighted by atomic mass is 15.3. The van der Waals surface area contributed by atoms with E-state index in [1.807, 2.05) is 24.5 Å². The van der Waals surface area contributed by atoms with Crippen molar-refractivity contribution in [2.45, 2.75) is 25.4 Å². The summed E-state index contributed by atoms with van der Waals surface area (Å²) in [6.07, 6.45) is 8.43. The van der Waals surface area contributed by atoms with Crippen LogP contribution in [-0.2, 0) is 6.54 Å². The molecule has 2 aliphatic rings. The molecule has 116 valence electrons. The van der Waals surface area contributed by atoms with Crippen LogP contribution in [0.3, 0.4) is 0 Å². The van der Waals surface area contributed by atoms with E-state index in [-0.39, 0.29) is 0 Å². The Morgan fingerprint density at radius 3 is 2.86 bits per heavy atom. The summed E-state index contributed by atoms with van der Waals surface area (Å²) in [5.74, 6) is 1.86. The number of aromatic nitrogens is 3. The Hall–Kier alpha value is -1.88. The second-order valence-corrected chi connectivity index (χ2v) is 6.45. The molecule has 0 aliphatic carbocycles. The molecule has 0 unspecified atom stereocenters. The van der Waals surface area contributed by atoms with Gasteiger partial charge in [-0.05, 0) is 37.0 Å². The molecular weight excluding hydrogens is 274 g/mol. The quantitative estimate of drug-likeness (QED) is 0.867. The first kappa shape index (κ1) is 13.8. The van der Waals surface area contributed by atoms with Crippen molar-refractivity contribution in [3.8, 4) is 0 Å². The molecule has 4 rings (SSSR count). The van der Waals surface area contributed by atoms with Crippen LogP contribution in [0.4, 0.5) is 5.82 Å². The molecule has 2 aromatic heterocycles. The predicted octanol–water partition coefficient (Wildman–Crippen LogP) is 1.88. The Morgan fingerprint density at radius 1 is 1.05 bits per heavy atom. The Balaban J connectivity index is 1.36. The van der Waals surface area contributed by atoms with Crippen LogP contribution >= 0.6 is 0 Å². The zero-order valence-corrected chi connectivity index (χ0v) is 12.9. The van der Waals surface area contributed by atoms with Crippen LogP contribution < -0.4 is 4.90 Å².